The molecule has 0 aliphatic carbocycles. The van der Waals surface area contributed by atoms with E-state index < -0.39 is 26.0 Å². The summed E-state index contributed by atoms with van der Waals surface area (Å²) in [5, 5.41) is 13.2. The minimum atomic E-state index is -9.73. The van der Waals surface area contributed by atoms with Crippen LogP contribution in [-0.4, -0.2) is 41.1 Å². The van der Waals surface area contributed by atoms with Gasteiger partial charge in [-0.15, -0.1) is 0 Å². The molecule has 0 aliphatic rings. The number of rotatable bonds is 5. The number of halogens is 5. The third kappa shape index (κ3) is 5.64. The van der Waals surface area contributed by atoms with Gasteiger partial charge in [0.1, 0.15) is 0 Å². The number of non-ortho nitro benzene ring substituents is 1. The van der Waals surface area contributed by atoms with E-state index >= 15 is 0 Å². The molecule has 0 saturated carbocycles. The first kappa shape index (κ1) is 22.4. The van der Waals surface area contributed by atoms with Gasteiger partial charge in [-0.3, -0.25) is 0 Å². The Morgan fingerprint density at radius 2 is 1.60 bits per heavy atom. The van der Waals surface area contributed by atoms with Gasteiger partial charge in [-0.05, 0) is 0 Å². The van der Waals surface area contributed by atoms with Crippen LogP contribution in [0.25, 0.3) is 0 Å². The number of nitro benzene ring substituents is 1. The number of benzene rings is 2. The van der Waals surface area contributed by atoms with Crippen LogP contribution in [0.4, 0.5) is 35.5 Å². The van der Waals surface area contributed by atoms with Crippen LogP contribution in [0.1, 0.15) is 10.4 Å². The molecule has 1 amide bonds. The average molecular weight is 578 g/mol. The Balaban J connectivity index is 1.75. The quantitative estimate of drug-likeness (QED) is 0.212. The van der Waals surface area contributed by atoms with Crippen molar-refractivity contribution in [1.82, 2.24) is 4.98 Å². The zero-order valence-electron chi connectivity index (χ0n) is 14.3. The molecule has 15 heteroatoms. The number of nitrogens with zero attached hydrogens (tertiary/aromatic N) is 3. The Hall–Kier alpha value is -2.31. The molecule has 2 aromatic carbocycles. The number of nitro groups is 1. The van der Waals surface area contributed by atoms with Gasteiger partial charge in [-0.2, -0.15) is 0 Å². The van der Waals surface area contributed by atoms with Crippen molar-refractivity contribution < 1.29 is 29.1 Å². The van der Waals surface area contributed by atoms with E-state index in [1.807, 2.05) is 0 Å². The normalized spacial score (nSPS) is 14.6. The third-order valence-corrected chi connectivity index (χ3v) is 10.5. The number of aromatic nitrogens is 1. The molecular formula is C15H9F5N4O3SSe2. The molecular weight excluding hydrogens is 569 g/mol. The summed E-state index contributed by atoms with van der Waals surface area (Å²) in [4.78, 5) is 28.4. The van der Waals surface area contributed by atoms with E-state index in [2.05, 4.69) is 15.3 Å². The molecule has 0 aliphatic heterocycles. The van der Waals surface area contributed by atoms with Crippen LogP contribution in [0.2, 0.25) is 0 Å². The van der Waals surface area contributed by atoms with Crippen LogP contribution in [0.3, 0.4) is 0 Å². The van der Waals surface area contributed by atoms with Crippen LogP contribution in [-0.2, 0) is 0 Å². The summed E-state index contributed by atoms with van der Waals surface area (Å²) in [6.07, 6.45) is 0. The van der Waals surface area contributed by atoms with Gasteiger partial charge in [-0.25, -0.2) is 0 Å². The molecule has 0 saturated heterocycles. The van der Waals surface area contributed by atoms with Gasteiger partial charge in [0.25, 0.3) is 0 Å². The van der Waals surface area contributed by atoms with Crippen molar-refractivity contribution in [2.24, 2.45) is 4.99 Å². The maximum absolute atomic E-state index is 12.7. The van der Waals surface area contributed by atoms with E-state index in [9.17, 15) is 34.3 Å². The SMILES string of the molecule is O=C(Nc1nc(=Nc2ccc(S(F)(F)(F)(F)F)cc2)[se][se]1)c1ccc([N+](=O)[O-])cc1. The van der Waals surface area contributed by atoms with E-state index in [0.717, 1.165) is 12.1 Å². The Morgan fingerprint density at radius 3 is 2.13 bits per heavy atom. The second-order valence-corrected chi connectivity index (χ2v) is 14.0. The average Bonchev–Trinajstić information content (AvgIpc) is 3.07. The number of carbonyl (C=O) groups excluding carboxylic acids is 1. The van der Waals surface area contributed by atoms with Crippen molar-refractivity contribution in [3.8, 4) is 0 Å². The molecule has 1 heterocycles. The van der Waals surface area contributed by atoms with Crippen molar-refractivity contribution in [1.29, 1.82) is 0 Å². The summed E-state index contributed by atoms with van der Waals surface area (Å²) in [6, 6.07) is 7.14. The van der Waals surface area contributed by atoms with Gasteiger partial charge in [0.2, 0.25) is 0 Å². The second-order valence-electron chi connectivity index (χ2n) is 5.70. The number of hydrogen-bond donors (Lipinski definition) is 1. The fraction of sp³-hybridized carbons (Fsp3) is 0. The van der Waals surface area contributed by atoms with E-state index in [1.54, 1.807) is 0 Å². The number of amides is 1. The first-order valence-electron chi connectivity index (χ1n) is 7.63. The fourth-order valence-electron chi connectivity index (χ4n) is 2.09. The van der Waals surface area contributed by atoms with Gasteiger partial charge < -0.3 is 0 Å². The molecule has 1 N–H and O–H groups in total. The van der Waals surface area contributed by atoms with Crippen LogP contribution in [0.5, 0.6) is 0 Å². The van der Waals surface area contributed by atoms with Gasteiger partial charge in [-0.1, -0.05) is 0 Å². The number of hydrogen-bond acceptors (Lipinski definition) is 5. The monoisotopic (exact) mass is 580 g/mol. The van der Waals surface area contributed by atoms with Crippen molar-refractivity contribution in [2.75, 3.05) is 5.32 Å². The molecule has 3 rings (SSSR count). The van der Waals surface area contributed by atoms with Gasteiger partial charge >= 0.3 is 175 Å². The zero-order valence-corrected chi connectivity index (χ0v) is 18.5. The van der Waals surface area contributed by atoms with E-state index in [4.69, 9.17) is 0 Å². The summed E-state index contributed by atoms with van der Waals surface area (Å²) in [6.45, 7) is 0. The van der Waals surface area contributed by atoms with Crippen molar-refractivity contribution >= 4 is 57.5 Å². The molecule has 1 aromatic heterocycles. The summed E-state index contributed by atoms with van der Waals surface area (Å²) >= 11 is -0.504. The number of nitrogens with one attached hydrogen (secondary N) is 1. The van der Waals surface area contributed by atoms with Crippen molar-refractivity contribution in [2.45, 2.75) is 4.90 Å². The summed E-state index contributed by atoms with van der Waals surface area (Å²) in [7, 11) is -9.73. The molecule has 30 heavy (non-hydrogen) atoms. The van der Waals surface area contributed by atoms with Gasteiger partial charge in [0.15, 0.2) is 0 Å². The fourth-order valence-corrected chi connectivity index (χ4v) is 7.81. The van der Waals surface area contributed by atoms with E-state index in [-0.39, 0.29) is 54.3 Å². The molecule has 3 aromatic rings. The molecule has 7 nitrogen and oxygen atoms in total. The predicted molar refractivity (Wildman–Crippen MR) is 102 cm³/mol. The standard InChI is InChI=1S/C15H9F5N4O3SSe2/c16-28(17,18,19,20)12-7-3-10(4-8-12)21-14-23-15(30-29-14)22-13(25)9-1-5-11(6-2-9)24(26)27/h1-8H,(H,21,22,23,25). The van der Waals surface area contributed by atoms with Crippen LogP contribution in [0, 0.1) is 10.1 Å². The molecule has 160 valence electrons. The number of carbonyl (C=O) groups is 1. The Morgan fingerprint density at radius 1 is 1.00 bits per heavy atom. The molecule has 0 bridgehead atoms. The molecule has 0 spiro atoms. The van der Waals surface area contributed by atoms with Crippen LogP contribution in [0.15, 0.2) is 58.4 Å². The van der Waals surface area contributed by atoms with Gasteiger partial charge in [0, 0.05) is 0 Å². The first-order valence-corrected chi connectivity index (χ1v) is 15.6. The van der Waals surface area contributed by atoms with Crippen molar-refractivity contribution in [3.63, 3.8) is 0 Å². The van der Waals surface area contributed by atoms with E-state index in [1.165, 1.54) is 24.3 Å². The van der Waals surface area contributed by atoms with Crippen LogP contribution >= 0.6 is 10.2 Å². The Bertz CT molecular complexity index is 1190. The third-order valence-electron chi connectivity index (χ3n) is 3.46. The predicted octanol–water partition coefficient (Wildman–Crippen LogP) is 4.25. The number of anilines is 1. The molecule has 0 atom stereocenters. The summed E-state index contributed by atoms with van der Waals surface area (Å²) in [5.41, 5.74) is 0.0476. The zero-order chi connectivity index (χ0) is 22.2. The second kappa shape index (κ2) is 7.13. The van der Waals surface area contributed by atoms with Crippen LogP contribution < -0.4 is 9.68 Å². The van der Waals surface area contributed by atoms with Gasteiger partial charge in [0.05, 0.1) is 0 Å². The molecule has 0 radical (unpaired) electrons. The topological polar surface area (TPSA) is 97.5 Å². The summed E-state index contributed by atoms with van der Waals surface area (Å²) < 4.78 is 64.3. The Kier molecular flexibility index (Phi) is 5.32. The van der Waals surface area contributed by atoms with E-state index in [0.29, 0.717) is 9.05 Å². The minimum absolute atomic E-state index is 0.0278. The maximum atomic E-state index is 12.7. The molecule has 0 fully saturated rings. The Labute approximate surface area is 175 Å². The summed E-state index contributed by atoms with van der Waals surface area (Å²) in [5.74, 6) is -0.525. The van der Waals surface area contributed by atoms with Crippen molar-refractivity contribution in [3.05, 3.63) is 68.6 Å². The first-order chi connectivity index (χ1) is 13.7. The molecule has 0 unspecified atom stereocenters.